The van der Waals surface area contributed by atoms with E-state index in [2.05, 4.69) is 20.9 Å². The predicted octanol–water partition coefficient (Wildman–Crippen LogP) is 2.04. The van der Waals surface area contributed by atoms with Gasteiger partial charge in [0.25, 0.3) is 6.43 Å². The average Bonchev–Trinajstić information content (AvgIpc) is 2.19. The first-order valence-electron chi connectivity index (χ1n) is 3.92. The summed E-state index contributed by atoms with van der Waals surface area (Å²) >= 11 is 8.56. The van der Waals surface area contributed by atoms with E-state index >= 15 is 0 Å². The second-order valence-electron chi connectivity index (χ2n) is 2.69. The van der Waals surface area contributed by atoms with Gasteiger partial charge in [-0.1, -0.05) is 11.6 Å². The van der Waals surface area contributed by atoms with Crippen LogP contribution in [0.4, 0.5) is 8.78 Å². The molecule has 0 radical (unpaired) electrons. The molecule has 0 amide bonds. The normalized spacial score (nSPS) is 12.1. The van der Waals surface area contributed by atoms with Gasteiger partial charge in [0.2, 0.25) is 10.0 Å². The number of alkyl halides is 2. The van der Waals surface area contributed by atoms with Crippen LogP contribution in [0.15, 0.2) is 21.6 Å². The summed E-state index contributed by atoms with van der Waals surface area (Å²) in [4.78, 5) is 3.24. The Morgan fingerprint density at radius 1 is 1.56 bits per heavy atom. The lowest BCUT2D eigenvalue weighted by Crippen LogP contribution is -2.29. The van der Waals surface area contributed by atoms with Gasteiger partial charge in [0.05, 0.1) is 6.54 Å². The van der Waals surface area contributed by atoms with Crippen LogP contribution >= 0.6 is 27.5 Å². The highest BCUT2D eigenvalue weighted by Crippen LogP contribution is 2.22. The predicted molar refractivity (Wildman–Crippen MR) is 58.1 cm³/mol. The maximum Gasteiger partial charge on any atom is 0.251 e. The van der Waals surface area contributed by atoms with Gasteiger partial charge in [0, 0.05) is 10.7 Å². The molecule has 0 spiro atoms. The Kier molecular flexibility index (Phi) is 4.60. The molecule has 0 aliphatic heterocycles. The highest BCUT2D eigenvalue weighted by atomic mass is 79.9. The van der Waals surface area contributed by atoms with E-state index in [1.807, 2.05) is 0 Å². The van der Waals surface area contributed by atoms with Gasteiger partial charge in [-0.05, 0) is 22.0 Å². The number of aromatic nitrogens is 1. The number of rotatable bonds is 4. The van der Waals surface area contributed by atoms with Crippen LogP contribution in [0.1, 0.15) is 0 Å². The van der Waals surface area contributed by atoms with E-state index in [1.165, 1.54) is 12.3 Å². The lowest BCUT2D eigenvalue weighted by Gasteiger charge is -2.07. The van der Waals surface area contributed by atoms with Crippen molar-refractivity contribution >= 4 is 37.6 Å². The van der Waals surface area contributed by atoms with Gasteiger partial charge < -0.3 is 0 Å². The number of halogens is 4. The molecule has 0 atom stereocenters. The second kappa shape index (κ2) is 5.35. The molecule has 0 saturated heterocycles. The molecule has 0 saturated carbocycles. The molecular formula is C7H6BrClF2N2O2S. The molecule has 1 rings (SSSR count). The van der Waals surface area contributed by atoms with Crippen molar-refractivity contribution in [3.8, 4) is 0 Å². The summed E-state index contributed by atoms with van der Waals surface area (Å²) in [5.74, 6) is 0. The standard InChI is InChI=1S/C7H6BrClF2N2O2S/c8-4-1-5(7(9)12-2-4)16(14,15)13-3-6(10)11/h1-2,6,13H,3H2. The van der Waals surface area contributed by atoms with E-state index in [9.17, 15) is 17.2 Å². The number of hydrogen-bond acceptors (Lipinski definition) is 3. The van der Waals surface area contributed by atoms with Crippen molar-refractivity contribution in [3.05, 3.63) is 21.9 Å². The fourth-order valence-electron chi connectivity index (χ4n) is 0.843. The van der Waals surface area contributed by atoms with Crippen molar-refractivity contribution < 1.29 is 17.2 Å². The van der Waals surface area contributed by atoms with Crippen molar-refractivity contribution in [2.75, 3.05) is 6.54 Å². The molecule has 16 heavy (non-hydrogen) atoms. The lowest BCUT2D eigenvalue weighted by molar-refractivity contribution is 0.153. The van der Waals surface area contributed by atoms with Gasteiger partial charge in [0.1, 0.15) is 10.0 Å². The summed E-state index contributed by atoms with van der Waals surface area (Å²) in [5, 5.41) is -0.273. The molecule has 1 aromatic rings. The van der Waals surface area contributed by atoms with Gasteiger partial charge in [-0.3, -0.25) is 0 Å². The first kappa shape index (κ1) is 13.8. The second-order valence-corrected chi connectivity index (χ2v) is 5.69. The van der Waals surface area contributed by atoms with Crippen LogP contribution in [0.5, 0.6) is 0 Å². The molecular weight excluding hydrogens is 330 g/mol. The number of nitrogens with one attached hydrogen (secondary N) is 1. The largest absolute Gasteiger partial charge is 0.251 e. The summed E-state index contributed by atoms with van der Waals surface area (Å²) in [7, 11) is -4.06. The van der Waals surface area contributed by atoms with Crippen LogP contribution in [0, 0.1) is 0 Å². The van der Waals surface area contributed by atoms with Crippen molar-refractivity contribution in [1.82, 2.24) is 9.71 Å². The third-order valence-electron chi connectivity index (χ3n) is 1.49. The average molecular weight is 336 g/mol. The molecule has 0 aliphatic carbocycles. The highest BCUT2D eigenvalue weighted by molar-refractivity contribution is 9.10. The van der Waals surface area contributed by atoms with Crippen LogP contribution in [-0.4, -0.2) is 26.4 Å². The van der Waals surface area contributed by atoms with Crippen molar-refractivity contribution in [2.24, 2.45) is 0 Å². The van der Waals surface area contributed by atoms with Crippen LogP contribution in [0.25, 0.3) is 0 Å². The molecule has 1 aromatic heterocycles. The van der Waals surface area contributed by atoms with Crippen LogP contribution in [0.3, 0.4) is 0 Å². The highest BCUT2D eigenvalue weighted by Gasteiger charge is 2.20. The van der Waals surface area contributed by atoms with Gasteiger partial charge in [-0.25, -0.2) is 26.9 Å². The molecule has 0 unspecified atom stereocenters. The Morgan fingerprint density at radius 3 is 2.75 bits per heavy atom. The summed E-state index contributed by atoms with van der Waals surface area (Å²) in [6.45, 7) is -0.967. The molecule has 0 aromatic carbocycles. The Bertz CT molecular complexity index is 483. The van der Waals surface area contributed by atoms with Crippen molar-refractivity contribution in [2.45, 2.75) is 11.3 Å². The molecule has 1 heterocycles. The Hall–Kier alpha value is -0.310. The number of sulfonamides is 1. The lowest BCUT2D eigenvalue weighted by atomic mass is 10.5. The van der Waals surface area contributed by atoms with E-state index in [0.29, 0.717) is 4.47 Å². The summed E-state index contributed by atoms with van der Waals surface area (Å²) in [6.07, 6.45) is -1.47. The minimum absolute atomic E-state index is 0.273. The summed E-state index contributed by atoms with van der Waals surface area (Å²) in [5.41, 5.74) is 0. The van der Waals surface area contributed by atoms with Gasteiger partial charge >= 0.3 is 0 Å². The minimum atomic E-state index is -4.06. The van der Waals surface area contributed by atoms with Gasteiger partial charge in [0.15, 0.2) is 0 Å². The molecule has 0 aliphatic rings. The maximum atomic E-state index is 11.9. The van der Waals surface area contributed by atoms with Crippen LogP contribution < -0.4 is 4.72 Å². The first-order valence-corrected chi connectivity index (χ1v) is 6.57. The zero-order chi connectivity index (χ0) is 12.3. The summed E-state index contributed by atoms with van der Waals surface area (Å²) in [6, 6.07) is 1.18. The summed E-state index contributed by atoms with van der Waals surface area (Å²) < 4.78 is 48.9. The number of nitrogens with zero attached hydrogens (tertiary/aromatic N) is 1. The fraction of sp³-hybridized carbons (Fsp3) is 0.286. The minimum Gasteiger partial charge on any atom is -0.242 e. The van der Waals surface area contributed by atoms with E-state index in [0.717, 1.165) is 0 Å². The third kappa shape index (κ3) is 3.62. The van der Waals surface area contributed by atoms with Crippen molar-refractivity contribution in [3.63, 3.8) is 0 Å². The molecule has 4 nitrogen and oxygen atoms in total. The third-order valence-corrected chi connectivity index (χ3v) is 3.77. The maximum absolute atomic E-state index is 11.9. The van der Waals surface area contributed by atoms with E-state index in [4.69, 9.17) is 11.6 Å². The molecule has 90 valence electrons. The molecule has 0 fully saturated rings. The smallest absolute Gasteiger partial charge is 0.242 e. The Balaban J connectivity index is 3.02. The van der Waals surface area contributed by atoms with Crippen molar-refractivity contribution in [1.29, 1.82) is 0 Å². The number of pyridine rings is 1. The van der Waals surface area contributed by atoms with Gasteiger partial charge in [-0.2, -0.15) is 0 Å². The quantitative estimate of drug-likeness (QED) is 0.857. The molecule has 9 heteroatoms. The monoisotopic (exact) mass is 334 g/mol. The zero-order valence-electron chi connectivity index (χ0n) is 7.62. The van der Waals surface area contributed by atoms with E-state index < -0.39 is 23.0 Å². The van der Waals surface area contributed by atoms with Crippen LogP contribution in [-0.2, 0) is 10.0 Å². The van der Waals surface area contributed by atoms with E-state index in [-0.39, 0.29) is 10.0 Å². The Labute approximate surface area is 104 Å². The Morgan fingerprint density at radius 2 is 2.19 bits per heavy atom. The van der Waals surface area contributed by atoms with E-state index in [1.54, 1.807) is 4.72 Å². The first-order chi connectivity index (χ1) is 7.33. The SMILES string of the molecule is O=S(=O)(NCC(F)F)c1cc(Br)cnc1Cl. The zero-order valence-corrected chi connectivity index (χ0v) is 10.8. The van der Waals surface area contributed by atoms with Gasteiger partial charge in [-0.15, -0.1) is 0 Å². The van der Waals surface area contributed by atoms with Crippen LogP contribution in [0.2, 0.25) is 5.15 Å². The molecule has 0 bridgehead atoms. The topological polar surface area (TPSA) is 59.1 Å². The fourth-order valence-corrected chi connectivity index (χ4v) is 2.79. The number of hydrogen-bond donors (Lipinski definition) is 1. The molecule has 1 N–H and O–H groups in total.